The lowest BCUT2D eigenvalue weighted by molar-refractivity contribution is -0.131. The third kappa shape index (κ3) is 2.13. The van der Waals surface area contributed by atoms with Crippen molar-refractivity contribution < 1.29 is 19.8 Å². The van der Waals surface area contributed by atoms with E-state index in [4.69, 9.17) is 0 Å². The number of anilines is 1. The number of hydrogen-bond donors (Lipinski definition) is 2. The lowest BCUT2D eigenvalue weighted by atomic mass is 9.94. The number of nitrogens with zero attached hydrogens (tertiary/aromatic N) is 1. The SMILES string of the molecule is CN1C(=O)c2ccccc2C(=CC(=O)O)c2ccc(O)cc21. The molecule has 0 atom stereocenters. The zero-order valence-electron chi connectivity index (χ0n) is 11.8. The van der Waals surface area contributed by atoms with Crippen LogP contribution in [0.4, 0.5) is 5.69 Å². The summed E-state index contributed by atoms with van der Waals surface area (Å²) in [7, 11) is 1.60. The fourth-order valence-corrected chi connectivity index (χ4v) is 2.64. The maximum Gasteiger partial charge on any atom is 0.328 e. The second-order valence-corrected chi connectivity index (χ2v) is 5.01. The van der Waals surface area contributed by atoms with Crippen molar-refractivity contribution in [3.63, 3.8) is 0 Å². The predicted molar refractivity (Wildman–Crippen MR) is 82.0 cm³/mol. The highest BCUT2D eigenvalue weighted by molar-refractivity contribution is 6.15. The van der Waals surface area contributed by atoms with Crippen molar-refractivity contribution in [3.05, 3.63) is 65.2 Å². The van der Waals surface area contributed by atoms with Crippen LogP contribution in [0.2, 0.25) is 0 Å². The maximum atomic E-state index is 12.6. The zero-order valence-corrected chi connectivity index (χ0v) is 11.8. The summed E-state index contributed by atoms with van der Waals surface area (Å²) in [4.78, 5) is 25.2. The third-order valence-electron chi connectivity index (χ3n) is 3.65. The number of amides is 1. The molecule has 0 fully saturated rings. The first-order valence-electron chi connectivity index (χ1n) is 6.64. The van der Waals surface area contributed by atoms with Gasteiger partial charge in [0.15, 0.2) is 0 Å². The molecule has 22 heavy (non-hydrogen) atoms. The fourth-order valence-electron chi connectivity index (χ4n) is 2.64. The molecule has 0 bridgehead atoms. The van der Waals surface area contributed by atoms with Crippen molar-refractivity contribution in [1.82, 2.24) is 0 Å². The molecule has 2 aromatic carbocycles. The van der Waals surface area contributed by atoms with E-state index < -0.39 is 5.97 Å². The summed E-state index contributed by atoms with van der Waals surface area (Å²) in [5, 5.41) is 18.9. The molecule has 0 radical (unpaired) electrons. The lowest BCUT2D eigenvalue weighted by Gasteiger charge is -2.18. The van der Waals surface area contributed by atoms with Crippen molar-refractivity contribution >= 4 is 23.1 Å². The van der Waals surface area contributed by atoms with Crippen LogP contribution in [-0.4, -0.2) is 29.1 Å². The molecule has 1 amide bonds. The Labute approximate surface area is 126 Å². The normalized spacial score (nSPS) is 15.2. The minimum Gasteiger partial charge on any atom is -0.508 e. The summed E-state index contributed by atoms with van der Waals surface area (Å²) < 4.78 is 0. The Kier molecular flexibility index (Phi) is 3.18. The van der Waals surface area contributed by atoms with Gasteiger partial charge in [-0.1, -0.05) is 18.2 Å². The second-order valence-electron chi connectivity index (χ2n) is 5.01. The Hall–Kier alpha value is -3.08. The number of aromatic hydroxyl groups is 1. The van der Waals surface area contributed by atoms with Crippen LogP contribution in [-0.2, 0) is 4.79 Å². The van der Waals surface area contributed by atoms with E-state index in [0.717, 1.165) is 6.08 Å². The molecular formula is C17H13NO4. The van der Waals surface area contributed by atoms with Crippen LogP contribution in [0.1, 0.15) is 21.5 Å². The van der Waals surface area contributed by atoms with Gasteiger partial charge in [0.25, 0.3) is 5.91 Å². The highest BCUT2D eigenvalue weighted by Gasteiger charge is 2.27. The number of phenolic OH excluding ortho intramolecular Hbond substituents is 1. The standard InChI is InChI=1S/C17H13NO4/c1-18-15-8-10(19)6-7-12(15)14(9-16(20)21)11-4-2-3-5-13(11)17(18)22/h2-9,19H,1H3,(H,20,21). The van der Waals surface area contributed by atoms with E-state index in [9.17, 15) is 19.8 Å². The number of rotatable bonds is 1. The van der Waals surface area contributed by atoms with E-state index in [1.54, 1.807) is 37.4 Å². The quantitative estimate of drug-likeness (QED) is 0.792. The summed E-state index contributed by atoms with van der Waals surface area (Å²) in [5.74, 6) is -1.34. The topological polar surface area (TPSA) is 77.8 Å². The fraction of sp³-hybridized carbons (Fsp3) is 0.0588. The first-order valence-corrected chi connectivity index (χ1v) is 6.64. The number of aliphatic carboxylic acids is 1. The van der Waals surface area contributed by atoms with Crippen LogP contribution in [0.3, 0.4) is 0 Å². The molecule has 0 spiro atoms. The van der Waals surface area contributed by atoms with E-state index in [-0.39, 0.29) is 11.7 Å². The van der Waals surface area contributed by atoms with Crippen molar-refractivity contribution in [2.75, 3.05) is 11.9 Å². The van der Waals surface area contributed by atoms with Crippen LogP contribution in [0.25, 0.3) is 5.57 Å². The Balaban J connectivity index is 2.40. The van der Waals surface area contributed by atoms with Gasteiger partial charge in [0, 0.05) is 30.3 Å². The number of carboxylic acids is 1. The summed E-state index contributed by atoms with van der Waals surface area (Å²) in [6, 6.07) is 11.4. The Morgan fingerprint density at radius 3 is 2.45 bits per heavy atom. The number of carbonyl (C=O) groups excluding carboxylic acids is 1. The average molecular weight is 295 g/mol. The molecule has 110 valence electrons. The predicted octanol–water partition coefficient (Wildman–Crippen LogP) is 2.50. The number of benzene rings is 2. The van der Waals surface area contributed by atoms with Gasteiger partial charge < -0.3 is 15.1 Å². The van der Waals surface area contributed by atoms with E-state index in [0.29, 0.717) is 28.0 Å². The number of phenols is 1. The Morgan fingerprint density at radius 1 is 1.09 bits per heavy atom. The van der Waals surface area contributed by atoms with Gasteiger partial charge in [-0.15, -0.1) is 0 Å². The molecule has 0 saturated heterocycles. The summed E-state index contributed by atoms with van der Waals surface area (Å²) in [6.45, 7) is 0. The second kappa shape index (κ2) is 5.04. The molecule has 5 nitrogen and oxygen atoms in total. The van der Waals surface area contributed by atoms with Crippen LogP contribution >= 0.6 is 0 Å². The third-order valence-corrected chi connectivity index (χ3v) is 3.65. The monoisotopic (exact) mass is 295 g/mol. The van der Waals surface area contributed by atoms with Crippen LogP contribution in [0, 0.1) is 0 Å². The number of carbonyl (C=O) groups is 2. The molecule has 1 heterocycles. The first-order chi connectivity index (χ1) is 10.5. The van der Waals surface area contributed by atoms with Crippen molar-refractivity contribution in [2.45, 2.75) is 0 Å². The molecule has 2 aromatic rings. The maximum absolute atomic E-state index is 12.6. The van der Waals surface area contributed by atoms with Crippen molar-refractivity contribution in [3.8, 4) is 5.75 Å². The van der Waals surface area contributed by atoms with Crippen LogP contribution in [0.15, 0.2) is 48.5 Å². The molecular weight excluding hydrogens is 282 g/mol. The largest absolute Gasteiger partial charge is 0.508 e. The van der Waals surface area contributed by atoms with E-state index >= 15 is 0 Å². The van der Waals surface area contributed by atoms with Crippen molar-refractivity contribution in [1.29, 1.82) is 0 Å². The van der Waals surface area contributed by atoms with Gasteiger partial charge in [-0.05, 0) is 29.3 Å². The molecule has 1 aliphatic heterocycles. The smallest absolute Gasteiger partial charge is 0.328 e. The minimum absolute atomic E-state index is 0.0130. The van der Waals surface area contributed by atoms with Gasteiger partial charge >= 0.3 is 5.97 Å². The first kappa shape index (κ1) is 13.9. The Morgan fingerprint density at radius 2 is 1.77 bits per heavy atom. The molecule has 0 aliphatic carbocycles. The lowest BCUT2D eigenvalue weighted by Crippen LogP contribution is -2.26. The number of fused-ring (bicyclic) bond motifs is 2. The van der Waals surface area contributed by atoms with E-state index in [1.807, 2.05) is 0 Å². The number of carboxylic acid groups (broad SMARTS) is 1. The van der Waals surface area contributed by atoms with Gasteiger partial charge in [-0.2, -0.15) is 0 Å². The Bertz CT molecular complexity index is 823. The molecule has 0 unspecified atom stereocenters. The van der Waals surface area contributed by atoms with Gasteiger partial charge in [-0.3, -0.25) is 4.79 Å². The van der Waals surface area contributed by atoms with Gasteiger partial charge in [0.05, 0.1) is 5.69 Å². The highest BCUT2D eigenvalue weighted by Crippen LogP contribution is 2.38. The van der Waals surface area contributed by atoms with Gasteiger partial charge in [0.2, 0.25) is 0 Å². The molecule has 5 heteroatoms. The average Bonchev–Trinajstić information content (AvgIpc) is 2.58. The zero-order chi connectivity index (χ0) is 15.9. The molecule has 0 saturated carbocycles. The van der Waals surface area contributed by atoms with Crippen molar-refractivity contribution in [2.24, 2.45) is 0 Å². The summed E-state index contributed by atoms with van der Waals surface area (Å²) in [6.07, 6.45) is 1.08. The van der Waals surface area contributed by atoms with Gasteiger partial charge in [-0.25, -0.2) is 4.79 Å². The van der Waals surface area contributed by atoms with Crippen LogP contribution < -0.4 is 4.90 Å². The molecule has 3 rings (SSSR count). The van der Waals surface area contributed by atoms with Gasteiger partial charge in [0.1, 0.15) is 5.75 Å². The highest BCUT2D eigenvalue weighted by atomic mass is 16.4. The molecule has 0 aromatic heterocycles. The van der Waals surface area contributed by atoms with E-state index in [2.05, 4.69) is 0 Å². The molecule has 1 aliphatic rings. The van der Waals surface area contributed by atoms with E-state index in [1.165, 1.54) is 17.0 Å². The minimum atomic E-state index is -1.10. The summed E-state index contributed by atoms with van der Waals surface area (Å²) >= 11 is 0. The molecule has 2 N–H and O–H groups in total. The number of hydrogen-bond acceptors (Lipinski definition) is 3. The summed E-state index contributed by atoms with van der Waals surface area (Å²) in [5.41, 5.74) is 2.48. The van der Waals surface area contributed by atoms with Crippen LogP contribution in [0.5, 0.6) is 5.75 Å².